The number of carboxylic acid groups (broad SMARTS) is 1. The molecule has 0 aliphatic carbocycles. The third kappa shape index (κ3) is 2.33. The number of aliphatic carboxylic acids is 1. The third-order valence-corrected chi connectivity index (χ3v) is 3.54. The highest BCUT2D eigenvalue weighted by molar-refractivity contribution is 5.98. The van der Waals surface area contributed by atoms with E-state index in [9.17, 15) is 19.8 Å². The molecule has 6 nitrogen and oxygen atoms in total. The van der Waals surface area contributed by atoms with Gasteiger partial charge < -0.3 is 20.2 Å². The molecular weight excluding hydrogens is 250 g/mol. The molecule has 1 heterocycles. The maximum atomic E-state index is 12.0. The van der Waals surface area contributed by atoms with Crippen LogP contribution in [0.3, 0.4) is 0 Å². The summed E-state index contributed by atoms with van der Waals surface area (Å²) in [4.78, 5) is 24.3. The molecule has 19 heavy (non-hydrogen) atoms. The van der Waals surface area contributed by atoms with Gasteiger partial charge in [0.15, 0.2) is 11.5 Å². The zero-order valence-electron chi connectivity index (χ0n) is 10.4. The van der Waals surface area contributed by atoms with Crippen LogP contribution in [0.25, 0.3) is 0 Å². The average molecular weight is 265 g/mol. The first-order valence-corrected chi connectivity index (χ1v) is 5.95. The second kappa shape index (κ2) is 4.79. The fourth-order valence-electron chi connectivity index (χ4n) is 2.07. The van der Waals surface area contributed by atoms with E-state index in [-0.39, 0.29) is 17.2 Å². The standard InChI is InChI=1S/C13H15NO5/c1-7(13(18)19)8-5-14(6-8)12(17)9-3-2-4-10(15)11(9)16/h2-4,7-8,15-16H,5-6H2,1H3,(H,18,19). The number of rotatable bonds is 3. The molecule has 1 aromatic rings. The summed E-state index contributed by atoms with van der Waals surface area (Å²) >= 11 is 0. The number of nitrogens with zero attached hydrogens (tertiary/aromatic N) is 1. The first-order valence-electron chi connectivity index (χ1n) is 5.95. The van der Waals surface area contributed by atoms with Gasteiger partial charge in [-0.1, -0.05) is 13.0 Å². The van der Waals surface area contributed by atoms with Gasteiger partial charge in [0, 0.05) is 19.0 Å². The van der Waals surface area contributed by atoms with Crippen molar-refractivity contribution >= 4 is 11.9 Å². The van der Waals surface area contributed by atoms with Crippen LogP contribution in [0.4, 0.5) is 0 Å². The van der Waals surface area contributed by atoms with E-state index in [1.165, 1.54) is 23.1 Å². The van der Waals surface area contributed by atoms with Crippen LogP contribution in [-0.4, -0.2) is 45.2 Å². The first-order chi connectivity index (χ1) is 8.91. The van der Waals surface area contributed by atoms with Crippen LogP contribution >= 0.6 is 0 Å². The monoisotopic (exact) mass is 265 g/mol. The average Bonchev–Trinajstić information content (AvgIpc) is 2.30. The Morgan fingerprint density at radius 2 is 1.95 bits per heavy atom. The van der Waals surface area contributed by atoms with Crippen LogP contribution in [0.2, 0.25) is 0 Å². The number of likely N-dealkylation sites (tertiary alicyclic amines) is 1. The van der Waals surface area contributed by atoms with Crippen molar-refractivity contribution in [2.24, 2.45) is 11.8 Å². The van der Waals surface area contributed by atoms with E-state index < -0.39 is 23.5 Å². The van der Waals surface area contributed by atoms with Crippen LogP contribution in [0.5, 0.6) is 11.5 Å². The van der Waals surface area contributed by atoms with Crippen LogP contribution in [-0.2, 0) is 4.79 Å². The maximum Gasteiger partial charge on any atom is 0.306 e. The fraction of sp³-hybridized carbons (Fsp3) is 0.385. The van der Waals surface area contributed by atoms with E-state index in [1.54, 1.807) is 6.92 Å². The molecule has 1 amide bonds. The van der Waals surface area contributed by atoms with Gasteiger partial charge in [0.05, 0.1) is 11.5 Å². The van der Waals surface area contributed by atoms with E-state index >= 15 is 0 Å². The van der Waals surface area contributed by atoms with Crippen molar-refractivity contribution in [1.29, 1.82) is 0 Å². The second-order valence-electron chi connectivity index (χ2n) is 4.77. The van der Waals surface area contributed by atoms with Crippen molar-refractivity contribution in [3.8, 4) is 11.5 Å². The van der Waals surface area contributed by atoms with Gasteiger partial charge in [0.25, 0.3) is 5.91 Å². The Kier molecular flexibility index (Phi) is 3.33. The zero-order chi connectivity index (χ0) is 14.2. The minimum atomic E-state index is -0.877. The molecule has 0 spiro atoms. The molecule has 0 aromatic heterocycles. The summed E-state index contributed by atoms with van der Waals surface area (Å²) < 4.78 is 0. The van der Waals surface area contributed by atoms with Gasteiger partial charge in [0.2, 0.25) is 0 Å². The number of phenolic OH excluding ortho intramolecular Hbond substituents is 2. The van der Waals surface area contributed by atoms with Crippen LogP contribution in [0.1, 0.15) is 17.3 Å². The Balaban J connectivity index is 2.04. The summed E-state index contributed by atoms with van der Waals surface area (Å²) in [6.45, 7) is 2.31. The van der Waals surface area contributed by atoms with Gasteiger partial charge in [-0.15, -0.1) is 0 Å². The molecule has 1 saturated heterocycles. The molecule has 1 aliphatic heterocycles. The third-order valence-electron chi connectivity index (χ3n) is 3.54. The predicted octanol–water partition coefficient (Wildman–Crippen LogP) is 0.890. The summed E-state index contributed by atoms with van der Waals surface area (Å²) in [7, 11) is 0. The number of hydrogen-bond donors (Lipinski definition) is 3. The van der Waals surface area contributed by atoms with Gasteiger partial charge in [0.1, 0.15) is 0 Å². The van der Waals surface area contributed by atoms with Crippen molar-refractivity contribution in [3.63, 3.8) is 0 Å². The molecule has 0 bridgehead atoms. The lowest BCUT2D eigenvalue weighted by atomic mass is 9.86. The van der Waals surface area contributed by atoms with Crippen LogP contribution in [0.15, 0.2) is 18.2 Å². The topological polar surface area (TPSA) is 98.1 Å². The highest BCUT2D eigenvalue weighted by atomic mass is 16.4. The van der Waals surface area contributed by atoms with E-state index in [4.69, 9.17) is 5.11 Å². The molecular formula is C13H15NO5. The van der Waals surface area contributed by atoms with E-state index in [0.717, 1.165) is 0 Å². The molecule has 6 heteroatoms. The fourth-order valence-corrected chi connectivity index (χ4v) is 2.07. The number of phenols is 2. The van der Waals surface area contributed by atoms with Crippen molar-refractivity contribution < 1.29 is 24.9 Å². The quantitative estimate of drug-likeness (QED) is 0.705. The van der Waals surface area contributed by atoms with E-state index in [1.807, 2.05) is 0 Å². The largest absolute Gasteiger partial charge is 0.504 e. The molecule has 1 aromatic carbocycles. The highest BCUT2D eigenvalue weighted by Crippen LogP contribution is 2.32. The summed E-state index contributed by atoms with van der Waals surface area (Å²) in [5.41, 5.74) is 0.0291. The van der Waals surface area contributed by atoms with Gasteiger partial charge in [-0.05, 0) is 12.1 Å². The molecule has 1 aliphatic rings. The SMILES string of the molecule is CC(C(=O)O)C1CN(C(=O)c2cccc(O)c2O)C1. The van der Waals surface area contributed by atoms with Crippen molar-refractivity contribution in [2.45, 2.75) is 6.92 Å². The summed E-state index contributed by atoms with van der Waals surface area (Å²) in [6, 6.07) is 4.18. The van der Waals surface area contributed by atoms with E-state index in [2.05, 4.69) is 0 Å². The number of para-hydroxylation sites is 1. The van der Waals surface area contributed by atoms with Gasteiger partial charge >= 0.3 is 5.97 Å². The Labute approximate surface area is 109 Å². The molecule has 102 valence electrons. The Bertz CT molecular complexity index is 522. The molecule has 1 fully saturated rings. The zero-order valence-corrected chi connectivity index (χ0v) is 10.4. The minimum absolute atomic E-state index is 0.0291. The summed E-state index contributed by atoms with van der Waals surface area (Å²) in [5, 5.41) is 27.8. The van der Waals surface area contributed by atoms with Gasteiger partial charge in [-0.25, -0.2) is 0 Å². The lowest BCUT2D eigenvalue weighted by molar-refractivity contribution is -0.144. The van der Waals surface area contributed by atoms with Crippen molar-refractivity contribution in [3.05, 3.63) is 23.8 Å². The minimum Gasteiger partial charge on any atom is -0.504 e. The smallest absolute Gasteiger partial charge is 0.306 e. The molecule has 3 N–H and O–H groups in total. The number of amides is 1. The second-order valence-corrected chi connectivity index (χ2v) is 4.77. The Morgan fingerprint density at radius 1 is 1.32 bits per heavy atom. The number of hydrogen-bond acceptors (Lipinski definition) is 4. The van der Waals surface area contributed by atoms with Gasteiger partial charge in [-0.3, -0.25) is 9.59 Å². The number of aromatic hydroxyl groups is 2. The predicted molar refractivity (Wildman–Crippen MR) is 66.0 cm³/mol. The molecule has 0 saturated carbocycles. The lowest BCUT2D eigenvalue weighted by Gasteiger charge is -2.41. The summed E-state index contributed by atoms with van der Waals surface area (Å²) in [5.74, 6) is -2.63. The summed E-state index contributed by atoms with van der Waals surface area (Å²) in [6.07, 6.45) is 0. The molecule has 1 unspecified atom stereocenters. The van der Waals surface area contributed by atoms with Gasteiger partial charge in [-0.2, -0.15) is 0 Å². The first kappa shape index (κ1) is 13.2. The molecule has 2 rings (SSSR count). The number of carbonyl (C=O) groups is 2. The number of benzene rings is 1. The Hall–Kier alpha value is -2.24. The normalized spacial score (nSPS) is 16.8. The number of carboxylic acids is 1. The Morgan fingerprint density at radius 3 is 2.53 bits per heavy atom. The lowest BCUT2D eigenvalue weighted by Crippen LogP contribution is -2.53. The highest BCUT2D eigenvalue weighted by Gasteiger charge is 2.38. The van der Waals surface area contributed by atoms with Crippen LogP contribution < -0.4 is 0 Å². The number of carbonyl (C=O) groups excluding carboxylic acids is 1. The van der Waals surface area contributed by atoms with E-state index in [0.29, 0.717) is 13.1 Å². The van der Waals surface area contributed by atoms with Crippen molar-refractivity contribution in [2.75, 3.05) is 13.1 Å². The molecule has 1 atom stereocenters. The maximum absolute atomic E-state index is 12.0. The van der Waals surface area contributed by atoms with Crippen LogP contribution in [0, 0.1) is 11.8 Å². The van der Waals surface area contributed by atoms with Crippen molar-refractivity contribution in [1.82, 2.24) is 4.90 Å². The molecule has 0 radical (unpaired) electrons.